The van der Waals surface area contributed by atoms with Crippen LogP contribution in [0.5, 0.6) is 0 Å². The molecule has 53 valence electrons. The second-order valence-corrected chi connectivity index (χ2v) is 2.26. The average molecular weight is 125 g/mol. The predicted octanol–water partition coefficient (Wildman–Crippen LogP) is 3.35. The van der Waals surface area contributed by atoms with Crippen LogP contribution in [0.2, 0.25) is 0 Å². The van der Waals surface area contributed by atoms with Gasteiger partial charge in [-0.05, 0) is 19.3 Å². The third-order valence-electron chi connectivity index (χ3n) is 1.26. The molecule has 0 spiro atoms. The largest absolute Gasteiger partial charge is 0.0885 e. The highest BCUT2D eigenvalue weighted by Gasteiger charge is 1.76. The maximum absolute atomic E-state index is 3.75. The summed E-state index contributed by atoms with van der Waals surface area (Å²) in [6.07, 6.45) is 10.5. The first-order valence-corrected chi connectivity index (χ1v) is 3.86. The van der Waals surface area contributed by atoms with Gasteiger partial charge in [0.15, 0.2) is 0 Å². The zero-order chi connectivity index (χ0) is 6.95. The monoisotopic (exact) mass is 125 g/mol. The van der Waals surface area contributed by atoms with Gasteiger partial charge >= 0.3 is 0 Å². The van der Waals surface area contributed by atoms with Crippen molar-refractivity contribution in [2.45, 2.75) is 39.0 Å². The third kappa shape index (κ3) is 7.74. The van der Waals surface area contributed by atoms with Gasteiger partial charge in [0.25, 0.3) is 0 Å². The van der Waals surface area contributed by atoms with Gasteiger partial charge in [-0.25, -0.2) is 0 Å². The molecule has 9 heavy (non-hydrogen) atoms. The van der Waals surface area contributed by atoms with Crippen molar-refractivity contribution in [2.75, 3.05) is 0 Å². The minimum atomic E-state index is 1.03. The summed E-state index contributed by atoms with van der Waals surface area (Å²) in [4.78, 5) is 0. The fourth-order valence-corrected chi connectivity index (χ4v) is 0.676. The van der Waals surface area contributed by atoms with Gasteiger partial charge in [0.05, 0.1) is 0 Å². The van der Waals surface area contributed by atoms with Crippen molar-refractivity contribution >= 4 is 0 Å². The van der Waals surface area contributed by atoms with Crippen LogP contribution in [-0.4, -0.2) is 0 Å². The maximum atomic E-state index is 3.75. The molecule has 0 atom stereocenters. The molecule has 0 nitrogen and oxygen atoms in total. The van der Waals surface area contributed by atoms with Crippen LogP contribution in [-0.2, 0) is 0 Å². The summed E-state index contributed by atoms with van der Waals surface area (Å²) in [5.74, 6) is 0. The number of hydrogen-bond acceptors (Lipinski definition) is 0. The van der Waals surface area contributed by atoms with Crippen molar-refractivity contribution < 1.29 is 0 Å². The van der Waals surface area contributed by atoms with Crippen LogP contribution >= 0.6 is 0 Å². The lowest BCUT2D eigenvalue weighted by Crippen LogP contribution is -1.66. The van der Waals surface area contributed by atoms with E-state index in [9.17, 15) is 0 Å². The molecule has 0 amide bonds. The molecule has 0 heterocycles. The van der Waals surface area contributed by atoms with Crippen LogP contribution < -0.4 is 0 Å². The lowest BCUT2D eigenvalue weighted by molar-refractivity contribution is 0.811. The fraction of sp³-hybridized carbons (Fsp3) is 0.667. The number of allylic oxidation sites excluding steroid dienone is 2. The molecule has 0 bridgehead atoms. The van der Waals surface area contributed by atoms with E-state index in [1.165, 1.54) is 19.3 Å². The Morgan fingerprint density at radius 3 is 2.44 bits per heavy atom. The Kier molecular flexibility index (Phi) is 7.52. The number of unbranched alkanes of at least 4 members (excludes halogenated alkanes) is 3. The van der Waals surface area contributed by atoms with Crippen LogP contribution in [0.1, 0.15) is 39.0 Å². The molecule has 0 saturated heterocycles. The van der Waals surface area contributed by atoms with Crippen LogP contribution in [0.3, 0.4) is 0 Å². The topological polar surface area (TPSA) is 0 Å². The number of rotatable bonds is 5. The van der Waals surface area contributed by atoms with Gasteiger partial charge in [0.2, 0.25) is 0 Å². The Morgan fingerprint density at radius 1 is 1.22 bits per heavy atom. The van der Waals surface area contributed by atoms with Gasteiger partial charge in [-0.15, -0.1) is 0 Å². The Balaban J connectivity index is 2.86. The zero-order valence-corrected chi connectivity index (χ0v) is 6.40. The quantitative estimate of drug-likeness (QED) is 0.390. The highest BCUT2D eigenvalue weighted by Crippen LogP contribution is 1.96. The summed E-state index contributed by atoms with van der Waals surface area (Å²) < 4.78 is 0. The summed E-state index contributed by atoms with van der Waals surface area (Å²) in [5, 5.41) is 0. The molecule has 0 rings (SSSR count). The molecule has 0 aromatic heterocycles. The number of hydrogen-bond donors (Lipinski definition) is 0. The Hall–Kier alpha value is -0.260. The summed E-state index contributed by atoms with van der Waals surface area (Å²) in [6.45, 7) is 5.97. The smallest absolute Gasteiger partial charge is 0.0351 e. The lowest BCUT2D eigenvalue weighted by Gasteiger charge is -1.87. The van der Waals surface area contributed by atoms with E-state index in [2.05, 4.69) is 26.0 Å². The van der Waals surface area contributed by atoms with Crippen molar-refractivity contribution in [3.8, 4) is 0 Å². The molecule has 0 fully saturated rings. The predicted molar refractivity (Wildman–Crippen MR) is 43.3 cm³/mol. The molecule has 1 radical (unpaired) electrons. The van der Waals surface area contributed by atoms with Crippen LogP contribution in [0, 0.1) is 6.92 Å². The molecule has 0 aliphatic carbocycles. The van der Waals surface area contributed by atoms with E-state index < -0.39 is 0 Å². The van der Waals surface area contributed by atoms with Crippen molar-refractivity contribution in [1.29, 1.82) is 0 Å². The molecule has 0 aromatic carbocycles. The standard InChI is InChI=1S/C9H17/c1-3-5-7-9-8-6-4-2/h7,9H,1,3-6,8H2,2H3/b9-7-. The van der Waals surface area contributed by atoms with Gasteiger partial charge in [-0.2, -0.15) is 0 Å². The zero-order valence-electron chi connectivity index (χ0n) is 6.40. The molecular weight excluding hydrogens is 108 g/mol. The molecule has 0 saturated carbocycles. The summed E-state index contributed by atoms with van der Waals surface area (Å²) in [6, 6.07) is 0. The summed E-state index contributed by atoms with van der Waals surface area (Å²) in [7, 11) is 0. The fourth-order valence-electron chi connectivity index (χ4n) is 0.676. The summed E-state index contributed by atoms with van der Waals surface area (Å²) >= 11 is 0. The van der Waals surface area contributed by atoms with Gasteiger partial charge in [-0.3, -0.25) is 0 Å². The Morgan fingerprint density at radius 2 is 1.89 bits per heavy atom. The normalized spacial score (nSPS) is 10.9. The highest BCUT2D eigenvalue weighted by molar-refractivity contribution is 4.81. The van der Waals surface area contributed by atoms with E-state index >= 15 is 0 Å². The first-order chi connectivity index (χ1) is 4.41. The van der Waals surface area contributed by atoms with Crippen molar-refractivity contribution in [1.82, 2.24) is 0 Å². The third-order valence-corrected chi connectivity index (χ3v) is 1.26. The Labute approximate surface area is 59.0 Å². The molecule has 0 aromatic rings. The Bertz CT molecular complexity index is 62.4. The highest BCUT2D eigenvalue weighted by atomic mass is 13.8. The van der Waals surface area contributed by atoms with Crippen LogP contribution in [0.15, 0.2) is 12.2 Å². The minimum absolute atomic E-state index is 1.03. The lowest BCUT2D eigenvalue weighted by atomic mass is 10.2. The second kappa shape index (κ2) is 7.74. The van der Waals surface area contributed by atoms with Crippen molar-refractivity contribution in [3.05, 3.63) is 19.1 Å². The van der Waals surface area contributed by atoms with E-state index in [-0.39, 0.29) is 0 Å². The van der Waals surface area contributed by atoms with E-state index in [0.717, 1.165) is 12.8 Å². The van der Waals surface area contributed by atoms with E-state index in [1.54, 1.807) is 0 Å². The van der Waals surface area contributed by atoms with Gasteiger partial charge in [-0.1, -0.05) is 38.8 Å². The van der Waals surface area contributed by atoms with Gasteiger partial charge in [0.1, 0.15) is 0 Å². The van der Waals surface area contributed by atoms with Gasteiger partial charge < -0.3 is 0 Å². The van der Waals surface area contributed by atoms with Crippen LogP contribution in [0.4, 0.5) is 0 Å². The van der Waals surface area contributed by atoms with Crippen LogP contribution in [0.25, 0.3) is 0 Å². The maximum Gasteiger partial charge on any atom is -0.0351 e. The van der Waals surface area contributed by atoms with Crippen molar-refractivity contribution in [2.24, 2.45) is 0 Å². The molecular formula is C9H17. The molecule has 0 unspecified atom stereocenters. The molecule has 0 N–H and O–H groups in total. The van der Waals surface area contributed by atoms with E-state index in [1.807, 2.05) is 0 Å². The molecule has 0 aliphatic rings. The van der Waals surface area contributed by atoms with Crippen molar-refractivity contribution in [3.63, 3.8) is 0 Å². The van der Waals surface area contributed by atoms with E-state index in [0.29, 0.717) is 0 Å². The second-order valence-electron chi connectivity index (χ2n) is 2.26. The van der Waals surface area contributed by atoms with E-state index in [4.69, 9.17) is 0 Å². The average Bonchev–Trinajstić information content (AvgIpc) is 1.89. The summed E-state index contributed by atoms with van der Waals surface area (Å²) in [5.41, 5.74) is 0. The first-order valence-electron chi connectivity index (χ1n) is 3.86. The SMILES string of the molecule is [CH2]CC/C=C\CCCC. The molecule has 0 aliphatic heterocycles. The van der Waals surface area contributed by atoms with Gasteiger partial charge in [0, 0.05) is 0 Å². The molecule has 0 heteroatoms. The minimum Gasteiger partial charge on any atom is -0.0885 e. The first kappa shape index (κ1) is 8.74.